The van der Waals surface area contributed by atoms with Gasteiger partial charge < -0.3 is 10.8 Å². The molecule has 0 saturated carbocycles. The number of nitrogens with two attached hydrogens (primary N) is 1. The maximum Gasteiger partial charge on any atom is 0.327 e. The summed E-state index contributed by atoms with van der Waals surface area (Å²) in [4.78, 5) is 25.2. The number of benzene rings is 1. The third kappa shape index (κ3) is 2.21. The van der Waals surface area contributed by atoms with E-state index in [1.807, 2.05) is 19.1 Å². The van der Waals surface area contributed by atoms with Crippen LogP contribution in [0.4, 0.5) is 5.69 Å². The number of aliphatic carboxylic acids is 1. The van der Waals surface area contributed by atoms with Gasteiger partial charge >= 0.3 is 5.97 Å². The lowest BCUT2D eigenvalue weighted by atomic mass is 9.98. The van der Waals surface area contributed by atoms with E-state index < -0.39 is 17.6 Å². The molecule has 2 atom stereocenters. The summed E-state index contributed by atoms with van der Waals surface area (Å²) >= 11 is 0. The second-order valence-corrected chi connectivity index (χ2v) is 5.13. The number of amides is 1. The molecule has 1 aromatic carbocycles. The maximum absolute atomic E-state index is 12.5. The van der Waals surface area contributed by atoms with Crippen LogP contribution in [0.5, 0.6) is 0 Å². The summed E-state index contributed by atoms with van der Waals surface area (Å²) in [6.45, 7) is 3.45. The molecule has 1 heterocycles. The van der Waals surface area contributed by atoms with E-state index in [0.717, 1.165) is 5.56 Å². The first-order valence-corrected chi connectivity index (χ1v) is 6.31. The molecule has 0 aliphatic carbocycles. The maximum atomic E-state index is 12.5. The molecule has 3 N–H and O–H groups in total. The number of nitrogens with zero attached hydrogens (tertiary/aromatic N) is 1. The van der Waals surface area contributed by atoms with Crippen molar-refractivity contribution in [2.45, 2.75) is 38.3 Å². The molecule has 0 spiro atoms. The molecule has 0 saturated heterocycles. The molecule has 0 radical (unpaired) electrons. The molecule has 0 bridgehead atoms. The summed E-state index contributed by atoms with van der Waals surface area (Å²) in [6.07, 6.45) is 0.786. The van der Waals surface area contributed by atoms with Gasteiger partial charge in [-0.2, -0.15) is 0 Å². The number of carbonyl (C=O) groups is 2. The monoisotopic (exact) mass is 262 g/mol. The standard InChI is InChI=1S/C14H18N2O3/c1-3-14(2,15)13(19)16-10-7-5-4-6-9(10)8-11(16)12(17)18/h4-7,11H,3,8,15H2,1-2H3,(H,17,18). The highest BCUT2D eigenvalue weighted by Gasteiger charge is 2.43. The molecular formula is C14H18N2O3. The number of hydrogen-bond donors (Lipinski definition) is 2. The number of para-hydroxylation sites is 1. The number of rotatable bonds is 3. The minimum Gasteiger partial charge on any atom is -0.480 e. The van der Waals surface area contributed by atoms with Gasteiger partial charge in [-0.05, 0) is 25.0 Å². The Balaban J connectivity index is 2.45. The molecule has 1 aliphatic heterocycles. The number of hydrogen-bond acceptors (Lipinski definition) is 3. The smallest absolute Gasteiger partial charge is 0.327 e. The Morgan fingerprint density at radius 3 is 2.68 bits per heavy atom. The Kier molecular flexibility index (Phi) is 3.32. The van der Waals surface area contributed by atoms with Crippen LogP contribution in [-0.4, -0.2) is 28.6 Å². The molecule has 2 rings (SSSR count). The Labute approximate surface area is 112 Å². The van der Waals surface area contributed by atoms with E-state index in [1.54, 1.807) is 19.1 Å². The summed E-state index contributed by atoms with van der Waals surface area (Å²) in [5.41, 5.74) is 6.45. The Hall–Kier alpha value is -1.88. The molecule has 0 aromatic heterocycles. The van der Waals surface area contributed by atoms with Gasteiger partial charge in [-0.3, -0.25) is 9.69 Å². The topological polar surface area (TPSA) is 83.6 Å². The number of anilines is 1. The largest absolute Gasteiger partial charge is 0.480 e. The van der Waals surface area contributed by atoms with Gasteiger partial charge in [0.05, 0.1) is 5.54 Å². The zero-order valence-corrected chi connectivity index (χ0v) is 11.1. The number of carbonyl (C=O) groups excluding carboxylic acids is 1. The zero-order valence-electron chi connectivity index (χ0n) is 11.1. The van der Waals surface area contributed by atoms with E-state index in [4.69, 9.17) is 5.73 Å². The van der Waals surface area contributed by atoms with E-state index >= 15 is 0 Å². The first-order valence-electron chi connectivity index (χ1n) is 6.31. The molecule has 1 amide bonds. The van der Waals surface area contributed by atoms with Crippen molar-refractivity contribution in [2.24, 2.45) is 5.73 Å². The van der Waals surface area contributed by atoms with Gasteiger partial charge in [-0.1, -0.05) is 25.1 Å². The normalized spacial score (nSPS) is 20.8. The van der Waals surface area contributed by atoms with Crippen molar-refractivity contribution >= 4 is 17.6 Å². The molecule has 0 fully saturated rings. The third-order valence-electron chi connectivity index (χ3n) is 3.70. The van der Waals surface area contributed by atoms with Gasteiger partial charge in [-0.25, -0.2) is 4.79 Å². The highest BCUT2D eigenvalue weighted by molar-refractivity contribution is 6.06. The number of carboxylic acid groups (broad SMARTS) is 1. The van der Waals surface area contributed by atoms with Crippen LogP contribution in [0.1, 0.15) is 25.8 Å². The fraction of sp³-hybridized carbons (Fsp3) is 0.429. The summed E-state index contributed by atoms with van der Waals surface area (Å²) < 4.78 is 0. The fourth-order valence-electron chi connectivity index (χ4n) is 2.26. The molecular weight excluding hydrogens is 244 g/mol. The summed E-state index contributed by atoms with van der Waals surface area (Å²) in [5, 5.41) is 9.31. The van der Waals surface area contributed by atoms with Crippen molar-refractivity contribution in [3.8, 4) is 0 Å². The quantitative estimate of drug-likeness (QED) is 0.856. The van der Waals surface area contributed by atoms with Crippen LogP contribution in [-0.2, 0) is 16.0 Å². The van der Waals surface area contributed by atoms with Crippen LogP contribution >= 0.6 is 0 Å². The molecule has 5 nitrogen and oxygen atoms in total. The molecule has 5 heteroatoms. The van der Waals surface area contributed by atoms with Crippen LogP contribution in [0.25, 0.3) is 0 Å². The highest BCUT2D eigenvalue weighted by atomic mass is 16.4. The highest BCUT2D eigenvalue weighted by Crippen LogP contribution is 2.34. The van der Waals surface area contributed by atoms with Gasteiger partial charge in [0.1, 0.15) is 6.04 Å². The second kappa shape index (κ2) is 4.66. The van der Waals surface area contributed by atoms with Crippen LogP contribution in [0, 0.1) is 0 Å². The lowest BCUT2D eigenvalue weighted by Crippen LogP contribution is -2.56. The SMILES string of the molecule is CCC(C)(N)C(=O)N1c2ccccc2CC1C(=O)O. The van der Waals surface area contributed by atoms with Crippen molar-refractivity contribution in [2.75, 3.05) is 4.90 Å². The predicted molar refractivity (Wildman–Crippen MR) is 71.9 cm³/mol. The Morgan fingerprint density at radius 2 is 2.11 bits per heavy atom. The second-order valence-electron chi connectivity index (χ2n) is 5.13. The lowest BCUT2D eigenvalue weighted by molar-refractivity contribution is -0.140. The van der Waals surface area contributed by atoms with Gasteiger partial charge in [0.25, 0.3) is 0 Å². The van der Waals surface area contributed by atoms with Crippen LogP contribution in [0.15, 0.2) is 24.3 Å². The first kappa shape index (κ1) is 13.5. The van der Waals surface area contributed by atoms with Gasteiger partial charge in [0.15, 0.2) is 0 Å². The van der Waals surface area contributed by atoms with E-state index in [9.17, 15) is 14.7 Å². The van der Waals surface area contributed by atoms with E-state index in [0.29, 0.717) is 18.5 Å². The number of fused-ring (bicyclic) bond motifs is 1. The third-order valence-corrected chi connectivity index (χ3v) is 3.70. The Morgan fingerprint density at radius 1 is 1.47 bits per heavy atom. The van der Waals surface area contributed by atoms with Crippen molar-refractivity contribution in [3.05, 3.63) is 29.8 Å². The number of carboxylic acids is 1. The van der Waals surface area contributed by atoms with Crippen LogP contribution < -0.4 is 10.6 Å². The van der Waals surface area contributed by atoms with Crippen molar-refractivity contribution < 1.29 is 14.7 Å². The lowest BCUT2D eigenvalue weighted by Gasteiger charge is -2.31. The van der Waals surface area contributed by atoms with E-state index in [2.05, 4.69) is 0 Å². The molecule has 1 aromatic rings. The fourth-order valence-corrected chi connectivity index (χ4v) is 2.26. The Bertz CT molecular complexity index is 525. The zero-order chi connectivity index (χ0) is 14.2. The minimum atomic E-state index is -1.05. The van der Waals surface area contributed by atoms with Crippen LogP contribution in [0.3, 0.4) is 0 Å². The minimum absolute atomic E-state index is 0.330. The summed E-state index contributed by atoms with van der Waals surface area (Å²) in [6, 6.07) is 6.38. The molecule has 19 heavy (non-hydrogen) atoms. The van der Waals surface area contributed by atoms with Crippen molar-refractivity contribution in [3.63, 3.8) is 0 Å². The molecule has 1 aliphatic rings. The average Bonchev–Trinajstić information content (AvgIpc) is 2.77. The van der Waals surface area contributed by atoms with Gasteiger partial charge in [-0.15, -0.1) is 0 Å². The first-order chi connectivity index (χ1) is 8.88. The van der Waals surface area contributed by atoms with E-state index in [1.165, 1.54) is 4.90 Å². The van der Waals surface area contributed by atoms with Crippen LogP contribution in [0.2, 0.25) is 0 Å². The summed E-state index contributed by atoms with van der Waals surface area (Å²) in [5.74, 6) is -1.34. The molecule has 2 unspecified atom stereocenters. The van der Waals surface area contributed by atoms with Gasteiger partial charge in [0.2, 0.25) is 5.91 Å². The van der Waals surface area contributed by atoms with Crippen molar-refractivity contribution in [1.29, 1.82) is 0 Å². The summed E-state index contributed by atoms with van der Waals surface area (Å²) in [7, 11) is 0. The van der Waals surface area contributed by atoms with Gasteiger partial charge in [0, 0.05) is 12.1 Å². The van der Waals surface area contributed by atoms with E-state index in [-0.39, 0.29) is 5.91 Å². The predicted octanol–water partition coefficient (Wildman–Crippen LogP) is 1.16. The van der Waals surface area contributed by atoms with Crippen molar-refractivity contribution in [1.82, 2.24) is 0 Å². The average molecular weight is 262 g/mol. The molecule has 102 valence electrons.